The van der Waals surface area contributed by atoms with Crippen molar-refractivity contribution < 1.29 is 14.3 Å². The molecule has 5 rings (SSSR count). The van der Waals surface area contributed by atoms with Crippen molar-refractivity contribution in [1.29, 1.82) is 5.26 Å². The summed E-state index contributed by atoms with van der Waals surface area (Å²) in [5.74, 6) is 0.575. The zero-order valence-corrected chi connectivity index (χ0v) is 21.0. The van der Waals surface area contributed by atoms with Gasteiger partial charge in [-0.1, -0.05) is 13.0 Å². The fraction of sp³-hybridized carbons (Fsp3) is 0.444. The molecule has 10 heteroatoms. The number of carbonyl (C=O) groups is 2. The van der Waals surface area contributed by atoms with Crippen molar-refractivity contribution in [3.05, 3.63) is 49.1 Å². The molecular weight excluding hydrogens is 470 g/mol. The Hall–Kier alpha value is -4.13. The summed E-state index contributed by atoms with van der Waals surface area (Å²) in [6.07, 6.45) is 13.6. The number of likely N-dealkylation sites (tertiary alicyclic amines) is 1. The Kier molecular flexibility index (Phi) is 6.95. The number of piperidine rings is 1. The van der Waals surface area contributed by atoms with E-state index in [1.54, 1.807) is 11.6 Å². The molecule has 3 aromatic rings. The highest BCUT2D eigenvalue weighted by atomic mass is 16.5. The number of carbonyl (C=O) groups excluding carboxylic acids is 2. The third-order valence-electron chi connectivity index (χ3n) is 7.56. The second-order valence-electron chi connectivity index (χ2n) is 9.80. The van der Waals surface area contributed by atoms with Gasteiger partial charge in [-0.3, -0.25) is 14.3 Å². The predicted octanol–water partition coefficient (Wildman–Crippen LogP) is 3.10. The summed E-state index contributed by atoms with van der Waals surface area (Å²) < 4.78 is 9.17. The van der Waals surface area contributed by atoms with Gasteiger partial charge in [0.05, 0.1) is 25.5 Å². The molecule has 0 aromatic carbocycles. The van der Waals surface area contributed by atoms with E-state index in [4.69, 9.17) is 4.74 Å². The Morgan fingerprint density at radius 1 is 1.16 bits per heavy atom. The molecule has 192 valence electrons. The molecular formula is C27H31N7O3. The second-order valence-corrected chi connectivity index (χ2v) is 9.80. The highest BCUT2D eigenvalue weighted by Crippen LogP contribution is 2.32. The molecule has 4 heterocycles. The van der Waals surface area contributed by atoms with Crippen molar-refractivity contribution in [2.45, 2.75) is 50.6 Å². The summed E-state index contributed by atoms with van der Waals surface area (Å²) in [6, 6.07) is 4.30. The van der Waals surface area contributed by atoms with Crippen LogP contribution in [-0.2, 0) is 9.59 Å². The first-order valence-electron chi connectivity index (χ1n) is 12.7. The van der Waals surface area contributed by atoms with Crippen LogP contribution in [0.25, 0.3) is 16.6 Å². The van der Waals surface area contributed by atoms with E-state index >= 15 is 0 Å². The van der Waals surface area contributed by atoms with Gasteiger partial charge in [0, 0.05) is 48.6 Å². The number of rotatable bonds is 6. The molecule has 37 heavy (non-hydrogen) atoms. The van der Waals surface area contributed by atoms with Gasteiger partial charge in [-0.05, 0) is 44.2 Å². The number of methoxy groups -OCH3 is 1. The van der Waals surface area contributed by atoms with Gasteiger partial charge in [-0.2, -0.15) is 15.5 Å². The number of hydrogen-bond donors (Lipinski definition) is 1. The van der Waals surface area contributed by atoms with E-state index in [1.165, 1.54) is 12.3 Å². The molecule has 2 atom stereocenters. The van der Waals surface area contributed by atoms with Crippen LogP contribution in [0.2, 0.25) is 0 Å². The van der Waals surface area contributed by atoms with Gasteiger partial charge in [-0.15, -0.1) is 0 Å². The molecule has 0 unspecified atom stereocenters. The molecule has 1 saturated heterocycles. The smallest absolute Gasteiger partial charge is 0.243 e. The summed E-state index contributed by atoms with van der Waals surface area (Å²) in [5, 5.41) is 21.2. The Morgan fingerprint density at radius 3 is 2.70 bits per heavy atom. The number of pyridine rings is 1. The second kappa shape index (κ2) is 10.5. The molecule has 1 N–H and O–H groups in total. The van der Waals surface area contributed by atoms with Crippen molar-refractivity contribution in [2.24, 2.45) is 5.92 Å². The summed E-state index contributed by atoms with van der Waals surface area (Å²) in [7, 11) is 1.58. The van der Waals surface area contributed by atoms with Crippen LogP contribution in [0.15, 0.2) is 43.5 Å². The molecule has 2 aliphatic rings. The molecule has 1 aliphatic carbocycles. The summed E-state index contributed by atoms with van der Waals surface area (Å²) in [5.41, 5.74) is 2.94. The van der Waals surface area contributed by atoms with Crippen LogP contribution in [0.1, 0.15) is 50.1 Å². The van der Waals surface area contributed by atoms with Crippen LogP contribution in [0.3, 0.4) is 0 Å². The minimum Gasteiger partial charge on any atom is -0.494 e. The highest BCUT2D eigenvalue weighted by molar-refractivity contribution is 5.87. The Morgan fingerprint density at radius 2 is 1.97 bits per heavy atom. The van der Waals surface area contributed by atoms with Gasteiger partial charge in [0.15, 0.2) is 0 Å². The summed E-state index contributed by atoms with van der Waals surface area (Å²) in [4.78, 5) is 26.9. The van der Waals surface area contributed by atoms with E-state index in [1.807, 2.05) is 34.2 Å². The molecule has 1 aliphatic heterocycles. The fourth-order valence-corrected chi connectivity index (χ4v) is 5.58. The maximum Gasteiger partial charge on any atom is 0.243 e. The van der Waals surface area contributed by atoms with Gasteiger partial charge in [0.1, 0.15) is 22.9 Å². The monoisotopic (exact) mass is 501 g/mol. The lowest BCUT2D eigenvalue weighted by atomic mass is 9.84. The summed E-state index contributed by atoms with van der Waals surface area (Å²) in [6.45, 7) is 4.91. The van der Waals surface area contributed by atoms with E-state index in [0.29, 0.717) is 36.3 Å². The molecule has 0 spiro atoms. The maximum absolute atomic E-state index is 13.2. The average molecular weight is 502 g/mol. The number of nitrogens with zero attached hydrogens (tertiary/aromatic N) is 6. The zero-order valence-electron chi connectivity index (χ0n) is 21.0. The van der Waals surface area contributed by atoms with E-state index in [9.17, 15) is 14.9 Å². The topological polar surface area (TPSA) is 118 Å². The van der Waals surface area contributed by atoms with E-state index in [-0.39, 0.29) is 29.8 Å². The van der Waals surface area contributed by atoms with Crippen LogP contribution < -0.4 is 10.1 Å². The molecule has 3 aromatic heterocycles. The van der Waals surface area contributed by atoms with Gasteiger partial charge in [0.25, 0.3) is 0 Å². The summed E-state index contributed by atoms with van der Waals surface area (Å²) >= 11 is 0. The average Bonchev–Trinajstić information content (AvgIpc) is 3.60. The van der Waals surface area contributed by atoms with Crippen molar-refractivity contribution in [2.75, 3.05) is 20.2 Å². The molecule has 2 fully saturated rings. The van der Waals surface area contributed by atoms with Crippen molar-refractivity contribution in [3.8, 4) is 22.9 Å². The highest BCUT2D eigenvalue weighted by Gasteiger charge is 2.33. The molecule has 1 saturated carbocycles. The van der Waals surface area contributed by atoms with Crippen molar-refractivity contribution in [3.63, 3.8) is 0 Å². The van der Waals surface area contributed by atoms with Crippen LogP contribution in [0.5, 0.6) is 5.75 Å². The Bertz CT molecular complexity index is 1360. The standard InChI is InChI=1S/C27H31N7O3/c1-3-25(35)31-22-6-4-5-18(11-22)27(36)32-9-7-23(8-10-32)33-17-21(15-29-33)19-12-24(37-2)26-20(13-28)14-30-34(26)16-19/h3,12,14-18,22-23H,1,4-11H2,2H3,(H,31,35)/t18-,22+/m1/s1. The van der Waals surface area contributed by atoms with Crippen LogP contribution in [-0.4, -0.2) is 62.3 Å². The molecule has 10 nitrogen and oxygen atoms in total. The van der Waals surface area contributed by atoms with Gasteiger partial charge < -0.3 is 15.0 Å². The number of amides is 2. The number of nitriles is 1. The minimum absolute atomic E-state index is 0.0366. The maximum atomic E-state index is 13.2. The SMILES string of the molecule is C=CC(=O)N[C@H]1CCC[C@@H](C(=O)N2CCC(n3cc(-c4cc(OC)c5c(C#N)cnn5c4)cn3)CC2)C1. The predicted molar refractivity (Wildman–Crippen MR) is 137 cm³/mol. The minimum atomic E-state index is -0.174. The third-order valence-corrected chi connectivity index (χ3v) is 7.56. The molecule has 0 bridgehead atoms. The number of hydrogen-bond acceptors (Lipinski definition) is 6. The van der Waals surface area contributed by atoms with Gasteiger partial charge in [-0.25, -0.2) is 4.52 Å². The normalized spacial score (nSPS) is 20.4. The van der Waals surface area contributed by atoms with Crippen molar-refractivity contribution in [1.82, 2.24) is 29.6 Å². The first-order chi connectivity index (χ1) is 18.0. The van der Waals surface area contributed by atoms with Crippen LogP contribution in [0.4, 0.5) is 0 Å². The number of fused-ring (bicyclic) bond motifs is 1. The lowest BCUT2D eigenvalue weighted by Gasteiger charge is -2.36. The number of nitrogens with one attached hydrogen (secondary N) is 1. The number of aromatic nitrogens is 4. The van der Waals surface area contributed by atoms with E-state index < -0.39 is 0 Å². The number of ether oxygens (including phenoxy) is 1. The molecule has 2 amide bonds. The lowest BCUT2D eigenvalue weighted by Crippen LogP contribution is -2.46. The Labute approximate surface area is 215 Å². The quantitative estimate of drug-likeness (QED) is 0.519. The Balaban J connectivity index is 1.22. The van der Waals surface area contributed by atoms with E-state index in [0.717, 1.165) is 43.2 Å². The molecule has 0 radical (unpaired) electrons. The van der Waals surface area contributed by atoms with Gasteiger partial charge >= 0.3 is 0 Å². The first-order valence-corrected chi connectivity index (χ1v) is 12.7. The third kappa shape index (κ3) is 4.94. The lowest BCUT2D eigenvalue weighted by molar-refractivity contribution is -0.138. The van der Waals surface area contributed by atoms with Crippen LogP contribution >= 0.6 is 0 Å². The largest absolute Gasteiger partial charge is 0.494 e. The van der Waals surface area contributed by atoms with Crippen molar-refractivity contribution >= 4 is 17.3 Å². The fourth-order valence-electron chi connectivity index (χ4n) is 5.58. The van der Waals surface area contributed by atoms with E-state index in [2.05, 4.69) is 28.2 Å². The first kappa shape index (κ1) is 24.6. The van der Waals surface area contributed by atoms with Crippen LogP contribution in [0, 0.1) is 17.2 Å². The van der Waals surface area contributed by atoms with Gasteiger partial charge in [0.2, 0.25) is 11.8 Å². The zero-order chi connectivity index (χ0) is 25.9.